The van der Waals surface area contributed by atoms with E-state index < -0.39 is 0 Å². The van der Waals surface area contributed by atoms with Crippen LogP contribution < -0.4 is 0 Å². The Morgan fingerprint density at radius 3 is 2.88 bits per heavy atom. The van der Waals surface area contributed by atoms with Gasteiger partial charge in [-0.1, -0.05) is 6.07 Å². The summed E-state index contributed by atoms with van der Waals surface area (Å²) in [6.07, 6.45) is 3.38. The van der Waals surface area contributed by atoms with Crippen molar-refractivity contribution in [2.75, 3.05) is 0 Å². The summed E-state index contributed by atoms with van der Waals surface area (Å²) >= 11 is 5.63. The lowest BCUT2D eigenvalue weighted by Gasteiger charge is -2.04. The van der Waals surface area contributed by atoms with Crippen molar-refractivity contribution in [1.29, 1.82) is 5.26 Å². The van der Waals surface area contributed by atoms with E-state index in [9.17, 15) is 4.39 Å². The second kappa shape index (κ2) is 4.98. The molecule has 1 heterocycles. The standard InChI is InChI=1S/C12H9ClFN3/c13-4-11-7-17(8-16-11)6-10-2-1-9(5-15)3-12(10)14/h1-3,7-8H,4,6H2. The maximum Gasteiger partial charge on any atom is 0.129 e. The summed E-state index contributed by atoms with van der Waals surface area (Å²) in [7, 11) is 0. The molecule has 1 aromatic heterocycles. The molecule has 0 radical (unpaired) electrons. The van der Waals surface area contributed by atoms with Crippen LogP contribution in [0.25, 0.3) is 0 Å². The first-order valence-corrected chi connectivity index (χ1v) is 5.51. The van der Waals surface area contributed by atoms with Crippen molar-refractivity contribution in [2.45, 2.75) is 12.4 Å². The van der Waals surface area contributed by atoms with Crippen LogP contribution in [-0.4, -0.2) is 9.55 Å². The Morgan fingerprint density at radius 1 is 1.47 bits per heavy atom. The molecular weight excluding hydrogens is 241 g/mol. The summed E-state index contributed by atoms with van der Waals surface area (Å²) in [5.41, 5.74) is 1.58. The summed E-state index contributed by atoms with van der Waals surface area (Å²) < 4.78 is 15.4. The average Bonchev–Trinajstić information content (AvgIpc) is 2.79. The molecule has 0 aliphatic carbocycles. The molecule has 0 bridgehead atoms. The lowest BCUT2D eigenvalue weighted by atomic mass is 10.1. The van der Waals surface area contributed by atoms with Crippen LogP contribution in [0.15, 0.2) is 30.7 Å². The van der Waals surface area contributed by atoms with Crippen LogP contribution in [0.4, 0.5) is 4.39 Å². The smallest absolute Gasteiger partial charge is 0.129 e. The SMILES string of the molecule is N#Cc1ccc(Cn2cnc(CCl)c2)c(F)c1. The Balaban J connectivity index is 2.21. The van der Waals surface area contributed by atoms with Gasteiger partial charge in [0.05, 0.1) is 36.1 Å². The highest BCUT2D eigenvalue weighted by Crippen LogP contribution is 2.12. The van der Waals surface area contributed by atoms with Gasteiger partial charge in [0.2, 0.25) is 0 Å². The number of nitriles is 1. The van der Waals surface area contributed by atoms with Crippen LogP contribution >= 0.6 is 11.6 Å². The van der Waals surface area contributed by atoms with E-state index in [2.05, 4.69) is 4.98 Å². The largest absolute Gasteiger partial charge is 0.333 e. The van der Waals surface area contributed by atoms with E-state index in [4.69, 9.17) is 16.9 Å². The van der Waals surface area contributed by atoms with Gasteiger partial charge < -0.3 is 4.57 Å². The van der Waals surface area contributed by atoms with Gasteiger partial charge in [0, 0.05) is 11.8 Å². The monoisotopic (exact) mass is 249 g/mol. The fourth-order valence-corrected chi connectivity index (χ4v) is 1.64. The minimum Gasteiger partial charge on any atom is -0.333 e. The van der Waals surface area contributed by atoms with Crippen LogP contribution in [0, 0.1) is 17.1 Å². The Kier molecular flexibility index (Phi) is 3.40. The average molecular weight is 250 g/mol. The highest BCUT2D eigenvalue weighted by molar-refractivity contribution is 6.16. The van der Waals surface area contributed by atoms with Gasteiger partial charge in [0.25, 0.3) is 0 Å². The van der Waals surface area contributed by atoms with Crippen LogP contribution in [0.3, 0.4) is 0 Å². The fraction of sp³-hybridized carbons (Fsp3) is 0.167. The summed E-state index contributed by atoms with van der Waals surface area (Å²) in [4.78, 5) is 4.05. The highest BCUT2D eigenvalue weighted by Gasteiger charge is 2.05. The lowest BCUT2D eigenvalue weighted by Crippen LogP contribution is -1.99. The molecule has 0 unspecified atom stereocenters. The topological polar surface area (TPSA) is 41.6 Å². The molecule has 0 aliphatic rings. The molecule has 2 aromatic rings. The van der Waals surface area contributed by atoms with Crippen molar-refractivity contribution in [3.8, 4) is 6.07 Å². The molecule has 0 amide bonds. The summed E-state index contributed by atoms with van der Waals surface area (Å²) in [5.74, 6) is -0.0479. The van der Waals surface area contributed by atoms with Gasteiger partial charge in [-0.3, -0.25) is 0 Å². The third-order valence-electron chi connectivity index (χ3n) is 2.36. The second-order valence-corrected chi connectivity index (χ2v) is 3.86. The molecular formula is C12H9ClFN3. The number of imidazole rings is 1. The van der Waals surface area contributed by atoms with E-state index in [0.29, 0.717) is 23.6 Å². The number of hydrogen-bond acceptors (Lipinski definition) is 2. The molecule has 0 N–H and O–H groups in total. The van der Waals surface area contributed by atoms with Gasteiger partial charge in [-0.2, -0.15) is 5.26 Å². The zero-order valence-corrected chi connectivity index (χ0v) is 9.65. The predicted molar refractivity (Wildman–Crippen MR) is 62.0 cm³/mol. The minimum atomic E-state index is -0.384. The van der Waals surface area contributed by atoms with Gasteiger partial charge in [-0.05, 0) is 12.1 Å². The molecule has 5 heteroatoms. The van der Waals surface area contributed by atoms with Gasteiger partial charge in [-0.15, -0.1) is 11.6 Å². The van der Waals surface area contributed by atoms with Crippen LogP contribution in [-0.2, 0) is 12.4 Å². The molecule has 17 heavy (non-hydrogen) atoms. The maximum atomic E-state index is 13.6. The van der Waals surface area contributed by atoms with Crippen LogP contribution in [0.5, 0.6) is 0 Å². The second-order valence-electron chi connectivity index (χ2n) is 3.59. The van der Waals surface area contributed by atoms with Gasteiger partial charge >= 0.3 is 0 Å². The lowest BCUT2D eigenvalue weighted by molar-refractivity contribution is 0.599. The molecule has 0 saturated carbocycles. The molecule has 0 atom stereocenters. The Bertz CT molecular complexity index is 571. The molecule has 2 rings (SSSR count). The number of benzene rings is 1. The van der Waals surface area contributed by atoms with E-state index >= 15 is 0 Å². The van der Waals surface area contributed by atoms with E-state index in [1.54, 1.807) is 29.2 Å². The van der Waals surface area contributed by atoms with Crippen LogP contribution in [0.1, 0.15) is 16.8 Å². The van der Waals surface area contributed by atoms with E-state index in [1.807, 2.05) is 6.07 Å². The maximum absolute atomic E-state index is 13.6. The normalized spacial score (nSPS) is 10.2. The molecule has 0 fully saturated rings. The highest BCUT2D eigenvalue weighted by atomic mass is 35.5. The van der Waals surface area contributed by atoms with E-state index in [0.717, 1.165) is 5.69 Å². The minimum absolute atomic E-state index is 0.318. The number of hydrogen-bond donors (Lipinski definition) is 0. The Hall–Kier alpha value is -1.86. The number of nitrogens with zero attached hydrogens (tertiary/aromatic N) is 3. The molecule has 0 aliphatic heterocycles. The quantitative estimate of drug-likeness (QED) is 0.785. The Labute approximate surface area is 103 Å². The first-order chi connectivity index (χ1) is 8.22. The molecule has 0 saturated heterocycles. The first kappa shape index (κ1) is 11.6. The van der Waals surface area contributed by atoms with Crippen LogP contribution in [0.2, 0.25) is 0 Å². The van der Waals surface area contributed by atoms with Crippen molar-refractivity contribution in [2.24, 2.45) is 0 Å². The van der Waals surface area contributed by atoms with Crippen molar-refractivity contribution in [3.63, 3.8) is 0 Å². The number of halogens is 2. The molecule has 86 valence electrons. The van der Waals surface area contributed by atoms with Gasteiger partial charge in [-0.25, -0.2) is 9.37 Å². The fourth-order valence-electron chi connectivity index (χ4n) is 1.50. The zero-order valence-electron chi connectivity index (χ0n) is 8.90. The Morgan fingerprint density at radius 2 is 2.29 bits per heavy atom. The van der Waals surface area contributed by atoms with Gasteiger partial charge in [0.1, 0.15) is 5.82 Å². The zero-order chi connectivity index (χ0) is 12.3. The number of aromatic nitrogens is 2. The summed E-state index contributed by atoms with van der Waals surface area (Å²) in [6.45, 7) is 0.376. The number of alkyl halides is 1. The molecule has 0 spiro atoms. The third-order valence-corrected chi connectivity index (χ3v) is 2.63. The van der Waals surface area contributed by atoms with Crippen molar-refractivity contribution < 1.29 is 4.39 Å². The van der Waals surface area contributed by atoms with E-state index in [1.165, 1.54) is 6.07 Å². The molecule has 1 aromatic carbocycles. The van der Waals surface area contributed by atoms with Crippen molar-refractivity contribution in [3.05, 3.63) is 53.4 Å². The van der Waals surface area contributed by atoms with Crippen molar-refractivity contribution in [1.82, 2.24) is 9.55 Å². The predicted octanol–water partition coefficient (Wildman–Crippen LogP) is 2.68. The van der Waals surface area contributed by atoms with E-state index in [-0.39, 0.29) is 5.82 Å². The van der Waals surface area contributed by atoms with Gasteiger partial charge in [0.15, 0.2) is 0 Å². The van der Waals surface area contributed by atoms with Crippen molar-refractivity contribution >= 4 is 11.6 Å². The summed E-state index contributed by atoms with van der Waals surface area (Å²) in [6, 6.07) is 6.33. The first-order valence-electron chi connectivity index (χ1n) is 4.98. The summed E-state index contributed by atoms with van der Waals surface area (Å²) in [5, 5.41) is 8.63. The number of rotatable bonds is 3. The third kappa shape index (κ3) is 2.63. The molecule has 3 nitrogen and oxygen atoms in total.